The number of hydrogen-bond donors (Lipinski definition) is 2. The third-order valence-corrected chi connectivity index (χ3v) is 4.09. The van der Waals surface area contributed by atoms with E-state index in [0.717, 1.165) is 31.1 Å². The zero-order valence-corrected chi connectivity index (χ0v) is 16.0. The smallest absolute Gasteiger partial charge is 0.224 e. The molecule has 1 heterocycles. The summed E-state index contributed by atoms with van der Waals surface area (Å²) in [6.45, 7) is 10.4. The summed E-state index contributed by atoms with van der Waals surface area (Å²) in [7, 11) is 1.71. The van der Waals surface area contributed by atoms with Crippen LogP contribution in [-0.2, 0) is 4.74 Å². The van der Waals surface area contributed by atoms with Crippen molar-refractivity contribution in [3.8, 4) is 0 Å². The van der Waals surface area contributed by atoms with Crippen LogP contribution in [0.3, 0.4) is 0 Å². The van der Waals surface area contributed by atoms with Gasteiger partial charge in [0.05, 0.1) is 0 Å². The van der Waals surface area contributed by atoms with Crippen molar-refractivity contribution in [3.05, 3.63) is 41.6 Å². The average molecular weight is 342 g/mol. The molecule has 0 aliphatic heterocycles. The first-order chi connectivity index (χ1) is 12.0. The van der Waals surface area contributed by atoms with E-state index < -0.39 is 0 Å². The number of benzene rings is 1. The quantitative estimate of drug-likeness (QED) is 0.634. The molecule has 2 rings (SSSR count). The van der Waals surface area contributed by atoms with Gasteiger partial charge in [-0.05, 0) is 35.4 Å². The topological polar surface area (TPSA) is 59.1 Å². The molecule has 136 valence electrons. The van der Waals surface area contributed by atoms with Crippen molar-refractivity contribution in [1.29, 1.82) is 0 Å². The Bertz CT molecular complexity index is 644. The van der Waals surface area contributed by atoms with E-state index in [2.05, 4.69) is 66.5 Å². The highest BCUT2D eigenvalue weighted by Crippen LogP contribution is 2.34. The SMILES string of the molecule is COCCCNc1nccc(Nc2c(C(C)C)cccc2C(C)C)n1. The zero-order chi connectivity index (χ0) is 18.2. The predicted molar refractivity (Wildman–Crippen MR) is 105 cm³/mol. The summed E-state index contributed by atoms with van der Waals surface area (Å²) < 4.78 is 5.06. The minimum atomic E-state index is 0.440. The largest absolute Gasteiger partial charge is 0.385 e. The zero-order valence-electron chi connectivity index (χ0n) is 16.0. The van der Waals surface area contributed by atoms with E-state index >= 15 is 0 Å². The highest BCUT2D eigenvalue weighted by Gasteiger charge is 2.14. The van der Waals surface area contributed by atoms with Crippen molar-refractivity contribution in [1.82, 2.24) is 9.97 Å². The number of nitrogens with zero attached hydrogens (tertiary/aromatic N) is 2. The molecule has 2 aromatic rings. The summed E-state index contributed by atoms with van der Waals surface area (Å²) in [5.74, 6) is 2.32. The van der Waals surface area contributed by atoms with Crippen molar-refractivity contribution < 1.29 is 4.74 Å². The van der Waals surface area contributed by atoms with Gasteiger partial charge >= 0.3 is 0 Å². The number of para-hydroxylation sites is 1. The maximum Gasteiger partial charge on any atom is 0.224 e. The number of hydrogen-bond acceptors (Lipinski definition) is 5. The minimum Gasteiger partial charge on any atom is -0.385 e. The molecule has 0 bridgehead atoms. The lowest BCUT2D eigenvalue weighted by Gasteiger charge is -2.20. The van der Waals surface area contributed by atoms with E-state index in [0.29, 0.717) is 17.8 Å². The normalized spacial score (nSPS) is 11.2. The Balaban J connectivity index is 2.21. The van der Waals surface area contributed by atoms with Crippen LogP contribution in [-0.4, -0.2) is 30.2 Å². The summed E-state index contributed by atoms with van der Waals surface area (Å²) in [5.41, 5.74) is 3.77. The lowest BCUT2D eigenvalue weighted by molar-refractivity contribution is 0.197. The summed E-state index contributed by atoms with van der Waals surface area (Å²) >= 11 is 0. The van der Waals surface area contributed by atoms with Crippen molar-refractivity contribution >= 4 is 17.5 Å². The molecule has 0 aliphatic carbocycles. The molecule has 1 aromatic carbocycles. The molecule has 0 atom stereocenters. The molecule has 5 nitrogen and oxygen atoms in total. The molecule has 0 unspecified atom stereocenters. The summed E-state index contributed by atoms with van der Waals surface area (Å²) in [6, 6.07) is 8.41. The minimum absolute atomic E-state index is 0.440. The molecule has 0 radical (unpaired) electrons. The van der Waals surface area contributed by atoms with E-state index in [1.54, 1.807) is 13.3 Å². The van der Waals surface area contributed by atoms with Crippen LogP contribution >= 0.6 is 0 Å². The first-order valence-corrected chi connectivity index (χ1v) is 8.98. The number of nitrogens with one attached hydrogen (secondary N) is 2. The standard InChI is InChI=1S/C20H30N4O/c1-14(2)16-8-6-9-17(15(3)4)19(16)23-18-10-12-22-20(24-18)21-11-7-13-25-5/h6,8-10,12,14-15H,7,11,13H2,1-5H3,(H2,21,22,23,24). The van der Waals surface area contributed by atoms with Crippen LogP contribution in [0.5, 0.6) is 0 Å². The molecule has 0 fully saturated rings. The van der Waals surface area contributed by atoms with E-state index in [-0.39, 0.29) is 0 Å². The van der Waals surface area contributed by atoms with Gasteiger partial charge in [-0.1, -0.05) is 45.9 Å². The Morgan fingerprint density at radius 1 is 1.04 bits per heavy atom. The molecular formula is C20H30N4O. The van der Waals surface area contributed by atoms with Gasteiger partial charge in [0.2, 0.25) is 5.95 Å². The molecule has 25 heavy (non-hydrogen) atoms. The van der Waals surface area contributed by atoms with E-state index in [1.165, 1.54) is 11.1 Å². The van der Waals surface area contributed by atoms with Gasteiger partial charge in [0.1, 0.15) is 5.82 Å². The molecule has 0 saturated heterocycles. The van der Waals surface area contributed by atoms with Crippen LogP contribution < -0.4 is 10.6 Å². The third-order valence-electron chi connectivity index (χ3n) is 4.09. The third kappa shape index (κ3) is 5.43. The molecule has 0 amide bonds. The molecule has 5 heteroatoms. The second kappa shape index (κ2) is 9.37. The van der Waals surface area contributed by atoms with Crippen molar-refractivity contribution in [2.24, 2.45) is 0 Å². The Labute approximate surface area is 151 Å². The monoisotopic (exact) mass is 342 g/mol. The fourth-order valence-corrected chi connectivity index (χ4v) is 2.75. The first-order valence-electron chi connectivity index (χ1n) is 8.98. The lowest BCUT2D eigenvalue weighted by atomic mass is 9.92. The lowest BCUT2D eigenvalue weighted by Crippen LogP contribution is -2.09. The van der Waals surface area contributed by atoms with Gasteiger partial charge in [-0.3, -0.25) is 0 Å². The summed E-state index contributed by atoms with van der Waals surface area (Å²) in [6.07, 6.45) is 2.70. The van der Waals surface area contributed by atoms with E-state index in [1.807, 2.05) is 6.07 Å². The molecular weight excluding hydrogens is 312 g/mol. The van der Waals surface area contributed by atoms with Gasteiger partial charge in [0, 0.05) is 32.1 Å². The van der Waals surface area contributed by atoms with Gasteiger partial charge in [-0.25, -0.2) is 4.98 Å². The molecule has 2 N–H and O–H groups in total. The van der Waals surface area contributed by atoms with Crippen LogP contribution in [0, 0.1) is 0 Å². The Hall–Kier alpha value is -2.14. The number of aromatic nitrogens is 2. The van der Waals surface area contributed by atoms with E-state index in [9.17, 15) is 0 Å². The second-order valence-corrected chi connectivity index (χ2v) is 6.78. The number of ether oxygens (including phenoxy) is 1. The fourth-order valence-electron chi connectivity index (χ4n) is 2.75. The summed E-state index contributed by atoms with van der Waals surface area (Å²) in [4.78, 5) is 8.88. The van der Waals surface area contributed by atoms with Gasteiger partial charge in [0.25, 0.3) is 0 Å². The van der Waals surface area contributed by atoms with Gasteiger partial charge < -0.3 is 15.4 Å². The Kier molecular flexibility index (Phi) is 7.19. The highest BCUT2D eigenvalue weighted by atomic mass is 16.5. The maximum atomic E-state index is 5.06. The Morgan fingerprint density at radius 3 is 2.32 bits per heavy atom. The van der Waals surface area contributed by atoms with Crippen molar-refractivity contribution in [2.45, 2.75) is 46.0 Å². The maximum absolute atomic E-state index is 5.06. The van der Waals surface area contributed by atoms with Crippen LogP contribution in [0.25, 0.3) is 0 Å². The van der Waals surface area contributed by atoms with Gasteiger partial charge in [0.15, 0.2) is 0 Å². The second-order valence-electron chi connectivity index (χ2n) is 6.78. The van der Waals surface area contributed by atoms with Crippen LogP contribution in [0.15, 0.2) is 30.5 Å². The first kappa shape index (κ1) is 19.2. The fraction of sp³-hybridized carbons (Fsp3) is 0.500. The summed E-state index contributed by atoms with van der Waals surface area (Å²) in [5, 5.41) is 6.77. The molecule has 0 aliphatic rings. The number of rotatable bonds is 9. The van der Waals surface area contributed by atoms with Crippen molar-refractivity contribution in [3.63, 3.8) is 0 Å². The van der Waals surface area contributed by atoms with Crippen LogP contribution in [0.4, 0.5) is 17.5 Å². The van der Waals surface area contributed by atoms with Gasteiger partial charge in [-0.2, -0.15) is 4.98 Å². The van der Waals surface area contributed by atoms with E-state index in [4.69, 9.17) is 4.74 Å². The Morgan fingerprint density at radius 2 is 1.72 bits per heavy atom. The number of anilines is 3. The van der Waals surface area contributed by atoms with Gasteiger partial charge in [-0.15, -0.1) is 0 Å². The van der Waals surface area contributed by atoms with Crippen molar-refractivity contribution in [2.75, 3.05) is 30.9 Å². The molecule has 0 saturated carbocycles. The average Bonchev–Trinajstić information content (AvgIpc) is 2.59. The molecule has 1 aromatic heterocycles. The number of methoxy groups -OCH3 is 1. The predicted octanol–water partition coefficient (Wildman–Crippen LogP) is 4.92. The van der Waals surface area contributed by atoms with Crippen LogP contribution in [0.2, 0.25) is 0 Å². The highest BCUT2D eigenvalue weighted by molar-refractivity contribution is 5.67. The molecule has 0 spiro atoms. The van der Waals surface area contributed by atoms with Crippen LogP contribution in [0.1, 0.15) is 57.1 Å².